The zero-order valence-electron chi connectivity index (χ0n) is 19.1. The molecule has 0 spiro atoms. The highest BCUT2D eigenvalue weighted by molar-refractivity contribution is 5.44. The number of nitrogens with zero attached hydrogens (tertiary/aromatic N) is 3. The molecule has 5 rings (SSSR count). The minimum Gasteiger partial charge on any atom is -0.490 e. The average molecular weight is 424 g/mol. The van der Waals surface area contributed by atoms with Gasteiger partial charge in [0.05, 0.1) is 0 Å². The van der Waals surface area contributed by atoms with Gasteiger partial charge in [-0.3, -0.25) is 4.90 Å². The minimum atomic E-state index is -0.504. The summed E-state index contributed by atoms with van der Waals surface area (Å²) in [5.41, 5.74) is 4.43. The van der Waals surface area contributed by atoms with Gasteiger partial charge in [-0.15, -0.1) is 0 Å². The first-order chi connectivity index (χ1) is 15.1. The minimum absolute atomic E-state index is 0.333. The van der Waals surface area contributed by atoms with Crippen molar-refractivity contribution < 1.29 is 9.84 Å². The van der Waals surface area contributed by atoms with E-state index < -0.39 is 6.23 Å². The molecule has 2 aromatic rings. The van der Waals surface area contributed by atoms with Crippen LogP contribution in [0.1, 0.15) is 68.1 Å². The summed E-state index contributed by atoms with van der Waals surface area (Å²) in [5.74, 6) is 0.964. The summed E-state index contributed by atoms with van der Waals surface area (Å²) < 4.78 is 8.56. The quantitative estimate of drug-likeness (QED) is 0.739. The van der Waals surface area contributed by atoms with E-state index in [2.05, 4.69) is 58.5 Å². The van der Waals surface area contributed by atoms with Crippen LogP contribution < -0.4 is 4.74 Å². The molecule has 3 heterocycles. The van der Waals surface area contributed by atoms with Gasteiger partial charge in [0.2, 0.25) is 0 Å². The smallest absolute Gasteiger partial charge is 0.135 e. The Balaban J connectivity index is 1.24. The van der Waals surface area contributed by atoms with Gasteiger partial charge in [0.25, 0.3) is 0 Å². The van der Waals surface area contributed by atoms with Crippen molar-refractivity contribution in [3.05, 3.63) is 47.3 Å². The Hall–Kier alpha value is -1.82. The maximum absolute atomic E-state index is 10.9. The number of piperidine rings is 1. The van der Waals surface area contributed by atoms with Crippen LogP contribution >= 0.6 is 0 Å². The topological polar surface area (TPSA) is 40.9 Å². The predicted molar refractivity (Wildman–Crippen MR) is 124 cm³/mol. The Bertz CT molecular complexity index is 873. The molecule has 1 N–H and O–H groups in total. The van der Waals surface area contributed by atoms with Crippen LogP contribution in [-0.2, 0) is 0 Å². The Kier molecular flexibility index (Phi) is 6.09. The van der Waals surface area contributed by atoms with Crippen molar-refractivity contribution >= 4 is 0 Å². The van der Waals surface area contributed by atoms with Crippen LogP contribution in [0.4, 0.5) is 0 Å². The number of benzene rings is 1. The second kappa shape index (κ2) is 8.97. The molecule has 1 saturated carbocycles. The molecule has 1 atom stereocenters. The van der Waals surface area contributed by atoms with Gasteiger partial charge in [-0.1, -0.05) is 6.42 Å². The summed E-state index contributed by atoms with van der Waals surface area (Å²) in [6.07, 6.45) is 8.64. The average Bonchev–Trinajstić information content (AvgIpc) is 3.37. The lowest BCUT2D eigenvalue weighted by atomic mass is 9.90. The van der Waals surface area contributed by atoms with Crippen molar-refractivity contribution in [2.75, 3.05) is 26.2 Å². The fraction of sp³-hybridized carbons (Fsp3) is 0.615. The van der Waals surface area contributed by atoms with E-state index in [9.17, 15) is 5.11 Å². The number of hydrogen-bond donors (Lipinski definition) is 1. The number of aromatic nitrogens is 1. The Morgan fingerprint density at radius 3 is 2.19 bits per heavy atom. The van der Waals surface area contributed by atoms with Gasteiger partial charge in [0.1, 0.15) is 18.1 Å². The van der Waals surface area contributed by atoms with Crippen LogP contribution in [0.25, 0.3) is 5.69 Å². The summed E-state index contributed by atoms with van der Waals surface area (Å²) in [7, 11) is 0. The third-order valence-electron chi connectivity index (χ3n) is 7.70. The normalized spacial score (nSPS) is 22.5. The fourth-order valence-electron chi connectivity index (χ4n) is 5.61. The van der Waals surface area contributed by atoms with E-state index in [1.54, 1.807) is 0 Å². The zero-order valence-corrected chi connectivity index (χ0v) is 19.1. The molecule has 3 aliphatic rings. The molecule has 1 aromatic carbocycles. The third kappa shape index (κ3) is 4.28. The van der Waals surface area contributed by atoms with E-state index in [0.29, 0.717) is 6.10 Å². The molecule has 1 unspecified atom stereocenters. The highest BCUT2D eigenvalue weighted by Gasteiger charge is 2.29. The van der Waals surface area contributed by atoms with Gasteiger partial charge in [-0.2, -0.15) is 0 Å². The molecule has 0 amide bonds. The SMILES string of the molecule is Cc1cc(C(O)N2CCCC2)c(C)n1-c1ccc(OC2CCN(C3CCC3)CC2)cc1. The molecule has 2 aliphatic heterocycles. The van der Waals surface area contributed by atoms with Crippen molar-refractivity contribution in [3.63, 3.8) is 0 Å². The van der Waals surface area contributed by atoms with Crippen molar-refractivity contribution in [3.8, 4) is 11.4 Å². The highest BCUT2D eigenvalue weighted by atomic mass is 16.5. The molecule has 0 bridgehead atoms. The van der Waals surface area contributed by atoms with Crippen LogP contribution in [0.2, 0.25) is 0 Å². The predicted octanol–water partition coefficient (Wildman–Crippen LogP) is 4.58. The number of hydrogen-bond acceptors (Lipinski definition) is 4. The number of aliphatic hydroxyl groups is 1. The molecule has 168 valence electrons. The lowest BCUT2D eigenvalue weighted by molar-refractivity contribution is 0.0185. The standard InChI is InChI=1S/C26H37N3O2/c1-19-18-25(26(30)28-14-3-4-15-28)20(2)29(19)22-8-10-23(11-9-22)31-24-12-16-27(17-13-24)21-6-5-7-21/h8-11,18,21,24,26,30H,3-7,12-17H2,1-2H3. The van der Waals surface area contributed by atoms with E-state index in [1.807, 2.05) is 0 Å². The van der Waals surface area contributed by atoms with E-state index in [0.717, 1.165) is 60.4 Å². The Morgan fingerprint density at radius 2 is 1.58 bits per heavy atom. The van der Waals surface area contributed by atoms with Crippen molar-refractivity contribution in [2.45, 2.75) is 77.2 Å². The van der Waals surface area contributed by atoms with Gasteiger partial charge in [0, 0.05) is 54.9 Å². The van der Waals surface area contributed by atoms with Crippen LogP contribution in [-0.4, -0.2) is 57.8 Å². The van der Waals surface area contributed by atoms with Crippen molar-refractivity contribution in [2.24, 2.45) is 0 Å². The van der Waals surface area contributed by atoms with E-state index in [1.165, 1.54) is 45.2 Å². The number of ether oxygens (including phenoxy) is 1. The molecule has 5 heteroatoms. The number of rotatable bonds is 6. The largest absolute Gasteiger partial charge is 0.490 e. The molecule has 2 saturated heterocycles. The second-order valence-corrected chi connectivity index (χ2v) is 9.71. The summed E-state index contributed by atoms with van der Waals surface area (Å²) in [5, 5.41) is 10.9. The monoisotopic (exact) mass is 423 g/mol. The first-order valence-electron chi connectivity index (χ1n) is 12.2. The van der Waals surface area contributed by atoms with Gasteiger partial charge in [-0.05, 0) is 82.7 Å². The molecule has 31 heavy (non-hydrogen) atoms. The van der Waals surface area contributed by atoms with Crippen LogP contribution in [0.5, 0.6) is 5.75 Å². The number of aliphatic hydroxyl groups excluding tert-OH is 1. The molecule has 1 aromatic heterocycles. The fourth-order valence-corrected chi connectivity index (χ4v) is 5.61. The zero-order chi connectivity index (χ0) is 21.4. The molecular weight excluding hydrogens is 386 g/mol. The van der Waals surface area contributed by atoms with Gasteiger partial charge in [0.15, 0.2) is 0 Å². The molecular formula is C26H37N3O2. The molecule has 1 aliphatic carbocycles. The summed E-state index contributed by atoms with van der Waals surface area (Å²) >= 11 is 0. The van der Waals surface area contributed by atoms with Crippen LogP contribution in [0.3, 0.4) is 0 Å². The summed E-state index contributed by atoms with van der Waals surface area (Å²) in [6, 6.07) is 11.5. The maximum Gasteiger partial charge on any atom is 0.135 e. The highest BCUT2D eigenvalue weighted by Crippen LogP contribution is 2.31. The molecule has 5 nitrogen and oxygen atoms in total. The summed E-state index contributed by atoms with van der Waals surface area (Å²) in [4.78, 5) is 4.84. The maximum atomic E-state index is 10.9. The Labute approximate surface area is 186 Å². The van der Waals surface area contributed by atoms with E-state index in [4.69, 9.17) is 4.74 Å². The first kappa shape index (κ1) is 21.0. The van der Waals surface area contributed by atoms with Gasteiger partial charge < -0.3 is 19.3 Å². The van der Waals surface area contributed by atoms with Crippen molar-refractivity contribution in [1.29, 1.82) is 0 Å². The van der Waals surface area contributed by atoms with Gasteiger partial charge in [-0.25, -0.2) is 0 Å². The second-order valence-electron chi connectivity index (χ2n) is 9.71. The van der Waals surface area contributed by atoms with E-state index in [-0.39, 0.29) is 0 Å². The summed E-state index contributed by atoms with van der Waals surface area (Å²) in [6.45, 7) is 8.55. The number of aryl methyl sites for hydroxylation is 1. The lowest BCUT2D eigenvalue weighted by Crippen LogP contribution is -2.46. The lowest BCUT2D eigenvalue weighted by Gasteiger charge is -2.41. The Morgan fingerprint density at radius 1 is 0.903 bits per heavy atom. The first-order valence-corrected chi connectivity index (χ1v) is 12.2. The van der Waals surface area contributed by atoms with Crippen LogP contribution in [0.15, 0.2) is 30.3 Å². The number of likely N-dealkylation sites (tertiary alicyclic amines) is 2. The molecule has 3 fully saturated rings. The molecule has 0 radical (unpaired) electrons. The van der Waals surface area contributed by atoms with Gasteiger partial charge >= 0.3 is 0 Å². The van der Waals surface area contributed by atoms with Crippen molar-refractivity contribution in [1.82, 2.24) is 14.4 Å². The van der Waals surface area contributed by atoms with E-state index >= 15 is 0 Å². The third-order valence-corrected chi connectivity index (χ3v) is 7.70. The van der Waals surface area contributed by atoms with Crippen LogP contribution in [0, 0.1) is 13.8 Å².